The Hall–Kier alpha value is -2.02. The molecule has 4 aromatic rings. The van der Waals surface area contributed by atoms with Gasteiger partial charge in [0.1, 0.15) is 16.6 Å². The van der Waals surface area contributed by atoms with E-state index in [4.69, 9.17) is 16.3 Å². The zero-order valence-corrected chi connectivity index (χ0v) is 17.8. The Labute approximate surface area is 180 Å². The molecule has 5 rings (SSSR count). The molecule has 1 fully saturated rings. The summed E-state index contributed by atoms with van der Waals surface area (Å²) in [6.07, 6.45) is 3.47. The first-order valence-corrected chi connectivity index (χ1v) is 10.7. The molecule has 1 atom stereocenters. The summed E-state index contributed by atoms with van der Waals surface area (Å²) in [5, 5.41) is 1.31. The van der Waals surface area contributed by atoms with Crippen molar-refractivity contribution in [1.82, 2.24) is 14.5 Å². The van der Waals surface area contributed by atoms with Gasteiger partial charge in [-0.25, -0.2) is 9.37 Å². The zero-order valence-electron chi connectivity index (χ0n) is 15.5. The van der Waals surface area contributed by atoms with Crippen molar-refractivity contribution in [1.29, 1.82) is 0 Å². The quantitative estimate of drug-likeness (QED) is 0.334. The predicted octanol–water partition coefficient (Wildman–Crippen LogP) is 6.16. The summed E-state index contributed by atoms with van der Waals surface area (Å²) in [4.78, 5) is 9.27. The van der Waals surface area contributed by atoms with Gasteiger partial charge in [-0.3, -0.25) is 4.98 Å². The molecule has 29 heavy (non-hydrogen) atoms. The van der Waals surface area contributed by atoms with Gasteiger partial charge in [-0.1, -0.05) is 29.8 Å². The normalized spacial score (nSPS) is 16.5. The van der Waals surface area contributed by atoms with Gasteiger partial charge in [0.15, 0.2) is 0 Å². The molecular formula is C22H18BrClFN3O. The summed E-state index contributed by atoms with van der Waals surface area (Å²) < 4.78 is 23.6. The largest absolute Gasteiger partial charge is 0.381 e. The van der Waals surface area contributed by atoms with Gasteiger partial charge in [-0.05, 0) is 59.0 Å². The number of benzene rings is 1. The minimum Gasteiger partial charge on any atom is -0.381 e. The fraction of sp³-hybridized carbons (Fsp3) is 0.273. The fourth-order valence-electron chi connectivity index (χ4n) is 4.36. The Kier molecular flexibility index (Phi) is 5.02. The van der Waals surface area contributed by atoms with Gasteiger partial charge < -0.3 is 9.30 Å². The summed E-state index contributed by atoms with van der Waals surface area (Å²) in [6.45, 7) is 1.34. The minimum absolute atomic E-state index is 0.208. The SMILES string of the molecule is Fc1ccccc1C(C1CCOCC1)n1c2cc(Br)cnc2c2ccc(Cl)nc21. The molecule has 0 bridgehead atoms. The summed E-state index contributed by atoms with van der Waals surface area (Å²) in [5.41, 5.74) is 3.11. The summed E-state index contributed by atoms with van der Waals surface area (Å²) in [7, 11) is 0. The van der Waals surface area contributed by atoms with E-state index in [2.05, 4.69) is 30.5 Å². The average molecular weight is 475 g/mol. The predicted molar refractivity (Wildman–Crippen MR) is 116 cm³/mol. The molecule has 3 aromatic heterocycles. The van der Waals surface area contributed by atoms with Crippen molar-refractivity contribution in [2.75, 3.05) is 13.2 Å². The standard InChI is InChI=1S/C22H18BrClFN3O/c23-14-11-18-20(26-12-14)16-5-6-19(24)27-22(16)28(18)21(13-7-9-29-10-8-13)15-3-1-2-4-17(15)25/h1-6,11-13,21H,7-10H2. The van der Waals surface area contributed by atoms with Gasteiger partial charge in [0, 0.05) is 34.8 Å². The Morgan fingerprint density at radius 2 is 1.97 bits per heavy atom. The van der Waals surface area contributed by atoms with Crippen molar-refractivity contribution in [2.24, 2.45) is 5.92 Å². The smallest absolute Gasteiger partial charge is 0.144 e. The van der Waals surface area contributed by atoms with E-state index >= 15 is 4.39 Å². The van der Waals surface area contributed by atoms with Gasteiger partial charge in [-0.2, -0.15) is 0 Å². The molecular weight excluding hydrogens is 457 g/mol. The molecule has 0 spiro atoms. The van der Waals surface area contributed by atoms with Crippen molar-refractivity contribution < 1.29 is 9.13 Å². The number of pyridine rings is 2. The molecule has 0 aliphatic carbocycles. The first-order valence-electron chi connectivity index (χ1n) is 9.57. The molecule has 0 N–H and O–H groups in total. The third kappa shape index (κ3) is 3.33. The van der Waals surface area contributed by atoms with Gasteiger partial charge in [0.2, 0.25) is 0 Å². The van der Waals surface area contributed by atoms with Gasteiger partial charge in [-0.15, -0.1) is 0 Å². The Balaban J connectivity index is 1.86. The van der Waals surface area contributed by atoms with E-state index in [0.29, 0.717) is 23.9 Å². The lowest BCUT2D eigenvalue weighted by Crippen LogP contribution is -2.27. The second kappa shape index (κ2) is 7.67. The summed E-state index contributed by atoms with van der Waals surface area (Å²) in [5.74, 6) is -0.0109. The molecule has 0 radical (unpaired) electrons. The summed E-state index contributed by atoms with van der Waals surface area (Å²) >= 11 is 9.81. The van der Waals surface area contributed by atoms with E-state index in [1.807, 2.05) is 24.3 Å². The van der Waals surface area contributed by atoms with E-state index in [1.165, 1.54) is 6.07 Å². The fourth-order valence-corrected chi connectivity index (χ4v) is 4.82. The molecule has 1 aromatic carbocycles. The number of halogens is 3. The molecule has 0 saturated carbocycles. The van der Waals surface area contributed by atoms with Crippen molar-refractivity contribution in [3.8, 4) is 0 Å². The maximum atomic E-state index is 15.0. The monoisotopic (exact) mass is 473 g/mol. The average Bonchev–Trinajstić information content (AvgIpc) is 3.03. The van der Waals surface area contributed by atoms with E-state index < -0.39 is 0 Å². The van der Waals surface area contributed by atoms with Gasteiger partial charge >= 0.3 is 0 Å². The van der Waals surface area contributed by atoms with Crippen LogP contribution in [0.2, 0.25) is 5.15 Å². The number of fused-ring (bicyclic) bond motifs is 3. The second-order valence-corrected chi connectivity index (χ2v) is 8.62. The number of ether oxygens (including phenoxy) is 1. The Morgan fingerprint density at radius 3 is 2.76 bits per heavy atom. The number of rotatable bonds is 3. The molecule has 1 saturated heterocycles. The highest BCUT2D eigenvalue weighted by molar-refractivity contribution is 9.10. The van der Waals surface area contributed by atoms with Crippen LogP contribution in [0.5, 0.6) is 0 Å². The lowest BCUT2D eigenvalue weighted by molar-refractivity contribution is 0.0548. The summed E-state index contributed by atoms with van der Waals surface area (Å²) in [6, 6.07) is 12.5. The first kappa shape index (κ1) is 19.0. The maximum absolute atomic E-state index is 15.0. The van der Waals surface area contributed by atoms with Crippen LogP contribution < -0.4 is 0 Å². The molecule has 4 nitrogen and oxygen atoms in total. The molecule has 1 aliphatic rings. The highest BCUT2D eigenvalue weighted by atomic mass is 79.9. The minimum atomic E-state index is -0.234. The van der Waals surface area contributed by atoms with E-state index in [-0.39, 0.29) is 17.8 Å². The van der Waals surface area contributed by atoms with Crippen LogP contribution in [0.1, 0.15) is 24.4 Å². The van der Waals surface area contributed by atoms with Gasteiger partial charge in [0.25, 0.3) is 0 Å². The number of hydrogen-bond acceptors (Lipinski definition) is 3. The topological polar surface area (TPSA) is 39.9 Å². The van der Waals surface area contributed by atoms with E-state index in [1.54, 1.807) is 18.3 Å². The maximum Gasteiger partial charge on any atom is 0.144 e. The van der Waals surface area contributed by atoms with E-state index in [0.717, 1.165) is 39.4 Å². The molecule has 7 heteroatoms. The highest BCUT2D eigenvalue weighted by Crippen LogP contribution is 2.41. The van der Waals surface area contributed by atoms with Crippen molar-refractivity contribution in [3.05, 3.63) is 69.7 Å². The van der Waals surface area contributed by atoms with E-state index in [9.17, 15) is 0 Å². The van der Waals surface area contributed by atoms with Crippen LogP contribution in [-0.2, 0) is 4.74 Å². The van der Waals surface area contributed by atoms with Crippen LogP contribution >= 0.6 is 27.5 Å². The second-order valence-electron chi connectivity index (χ2n) is 7.31. The molecule has 148 valence electrons. The third-order valence-electron chi connectivity index (χ3n) is 5.63. The lowest BCUT2D eigenvalue weighted by Gasteiger charge is -2.33. The van der Waals surface area contributed by atoms with Crippen LogP contribution in [0.25, 0.3) is 22.1 Å². The molecule has 0 amide bonds. The van der Waals surface area contributed by atoms with Crippen LogP contribution in [0.4, 0.5) is 4.39 Å². The first-order chi connectivity index (χ1) is 14.1. The molecule has 1 aliphatic heterocycles. The van der Waals surface area contributed by atoms with Crippen molar-refractivity contribution >= 4 is 49.6 Å². The zero-order chi connectivity index (χ0) is 20.0. The number of nitrogens with zero attached hydrogens (tertiary/aromatic N) is 3. The van der Waals surface area contributed by atoms with Crippen molar-refractivity contribution in [2.45, 2.75) is 18.9 Å². The van der Waals surface area contributed by atoms with Crippen LogP contribution in [-0.4, -0.2) is 27.7 Å². The number of hydrogen-bond donors (Lipinski definition) is 0. The third-order valence-corrected chi connectivity index (χ3v) is 6.28. The number of aromatic nitrogens is 3. The van der Waals surface area contributed by atoms with Crippen LogP contribution in [0.15, 0.2) is 53.1 Å². The molecule has 1 unspecified atom stereocenters. The lowest BCUT2D eigenvalue weighted by atomic mass is 9.86. The van der Waals surface area contributed by atoms with Gasteiger partial charge in [0.05, 0.1) is 17.1 Å². The van der Waals surface area contributed by atoms with Crippen LogP contribution in [0, 0.1) is 11.7 Å². The van der Waals surface area contributed by atoms with Crippen LogP contribution in [0.3, 0.4) is 0 Å². The van der Waals surface area contributed by atoms with Crippen molar-refractivity contribution in [3.63, 3.8) is 0 Å². The Morgan fingerprint density at radius 1 is 1.17 bits per heavy atom. The molecule has 4 heterocycles. The Bertz CT molecular complexity index is 1150. The highest BCUT2D eigenvalue weighted by Gasteiger charge is 2.32.